The molecule has 1 aromatic rings. The van der Waals surface area contributed by atoms with Crippen molar-refractivity contribution in [1.82, 2.24) is 14.5 Å². The van der Waals surface area contributed by atoms with E-state index in [0.29, 0.717) is 12.1 Å². The van der Waals surface area contributed by atoms with E-state index in [2.05, 4.69) is 9.62 Å². The number of hydrogen-bond donors (Lipinski definition) is 1. The predicted molar refractivity (Wildman–Crippen MR) is 87.2 cm³/mol. The molecule has 0 radical (unpaired) electrons. The van der Waals surface area contributed by atoms with Crippen LogP contribution in [-0.2, 0) is 10.0 Å². The molecule has 128 valence electrons. The molecule has 0 saturated carbocycles. The fourth-order valence-corrected chi connectivity index (χ4v) is 3.66. The maximum atomic E-state index is 12.7. The first-order chi connectivity index (χ1) is 10.8. The van der Waals surface area contributed by atoms with E-state index in [-0.39, 0.29) is 22.6 Å². The number of nitrogens with one attached hydrogen (secondary N) is 1. The van der Waals surface area contributed by atoms with Gasteiger partial charge in [0.15, 0.2) is 0 Å². The number of benzene rings is 1. The van der Waals surface area contributed by atoms with Crippen molar-refractivity contribution in [2.24, 2.45) is 0 Å². The van der Waals surface area contributed by atoms with Gasteiger partial charge in [-0.1, -0.05) is 0 Å². The third-order valence-corrected chi connectivity index (χ3v) is 5.50. The number of amides is 1. The molecule has 0 bridgehead atoms. The van der Waals surface area contributed by atoms with Gasteiger partial charge in [0.25, 0.3) is 5.91 Å². The lowest BCUT2D eigenvalue weighted by Gasteiger charge is -2.38. The van der Waals surface area contributed by atoms with Crippen molar-refractivity contribution in [1.29, 1.82) is 0 Å². The van der Waals surface area contributed by atoms with Crippen molar-refractivity contribution in [3.8, 4) is 5.75 Å². The Morgan fingerprint density at radius 3 is 2.61 bits per heavy atom. The average molecular weight is 341 g/mol. The van der Waals surface area contributed by atoms with Gasteiger partial charge in [0.2, 0.25) is 10.0 Å². The fourth-order valence-electron chi connectivity index (χ4n) is 2.74. The van der Waals surface area contributed by atoms with E-state index in [1.165, 1.54) is 26.3 Å². The molecule has 1 heterocycles. The van der Waals surface area contributed by atoms with Crippen LogP contribution in [0.4, 0.5) is 0 Å². The molecule has 1 saturated heterocycles. The molecule has 1 unspecified atom stereocenters. The van der Waals surface area contributed by atoms with E-state index >= 15 is 0 Å². The summed E-state index contributed by atoms with van der Waals surface area (Å²) >= 11 is 0. The van der Waals surface area contributed by atoms with Gasteiger partial charge in [-0.15, -0.1) is 0 Å². The van der Waals surface area contributed by atoms with Crippen LogP contribution in [0.2, 0.25) is 0 Å². The minimum absolute atomic E-state index is 0.0323. The van der Waals surface area contributed by atoms with Gasteiger partial charge in [-0.2, -0.15) is 0 Å². The Kier molecular flexibility index (Phi) is 5.28. The Balaban J connectivity index is 2.37. The maximum absolute atomic E-state index is 12.7. The predicted octanol–water partition coefficient (Wildman–Crippen LogP) is 0.379. The van der Waals surface area contributed by atoms with Gasteiger partial charge >= 0.3 is 0 Å². The summed E-state index contributed by atoms with van der Waals surface area (Å²) in [5.74, 6) is 0.0446. The molecular weight excluding hydrogens is 318 g/mol. The Morgan fingerprint density at radius 2 is 2.04 bits per heavy atom. The topological polar surface area (TPSA) is 79.0 Å². The highest BCUT2D eigenvalue weighted by atomic mass is 32.2. The Hall–Kier alpha value is -1.64. The zero-order valence-electron chi connectivity index (χ0n) is 13.9. The molecule has 1 N–H and O–H groups in total. The van der Waals surface area contributed by atoms with Gasteiger partial charge in [-0.25, -0.2) is 13.1 Å². The number of carbonyl (C=O) groups excluding carboxylic acids is 1. The number of piperazine rings is 1. The lowest BCUT2D eigenvalue weighted by molar-refractivity contribution is 0.0533. The molecule has 7 nitrogen and oxygen atoms in total. The minimum Gasteiger partial charge on any atom is -0.495 e. The van der Waals surface area contributed by atoms with Crippen LogP contribution in [0.3, 0.4) is 0 Å². The molecule has 1 aromatic carbocycles. The van der Waals surface area contributed by atoms with E-state index in [1.54, 1.807) is 11.0 Å². The molecule has 1 fully saturated rings. The van der Waals surface area contributed by atoms with Crippen molar-refractivity contribution < 1.29 is 17.9 Å². The molecule has 0 aliphatic carbocycles. The van der Waals surface area contributed by atoms with Gasteiger partial charge in [-0.05, 0) is 39.2 Å². The van der Waals surface area contributed by atoms with Crippen molar-refractivity contribution in [2.75, 3.05) is 40.8 Å². The van der Waals surface area contributed by atoms with Crippen LogP contribution >= 0.6 is 0 Å². The standard InChI is InChI=1S/C15H23N3O4S/c1-11-10-17(3)7-8-18(11)15(19)12-5-6-13(22-4)14(9-12)23(20,21)16-2/h5-6,9,11,16H,7-8,10H2,1-4H3. The molecule has 1 aliphatic rings. The molecule has 0 aromatic heterocycles. The second-order valence-corrected chi connectivity index (χ2v) is 7.54. The average Bonchev–Trinajstić information content (AvgIpc) is 2.53. The van der Waals surface area contributed by atoms with E-state index in [4.69, 9.17) is 4.74 Å². The fraction of sp³-hybridized carbons (Fsp3) is 0.533. The van der Waals surface area contributed by atoms with Crippen molar-refractivity contribution in [2.45, 2.75) is 17.9 Å². The van der Waals surface area contributed by atoms with Crippen LogP contribution in [0.15, 0.2) is 23.1 Å². The summed E-state index contributed by atoms with van der Waals surface area (Å²) in [7, 11) is 1.04. The van der Waals surface area contributed by atoms with Crippen molar-refractivity contribution in [3.63, 3.8) is 0 Å². The maximum Gasteiger partial charge on any atom is 0.254 e. The van der Waals surface area contributed by atoms with E-state index in [0.717, 1.165) is 13.1 Å². The summed E-state index contributed by atoms with van der Waals surface area (Å²) in [5.41, 5.74) is 0.344. The van der Waals surface area contributed by atoms with Crippen LogP contribution in [0, 0.1) is 0 Å². The highest BCUT2D eigenvalue weighted by molar-refractivity contribution is 7.89. The number of hydrogen-bond acceptors (Lipinski definition) is 5. The number of carbonyl (C=O) groups is 1. The molecule has 1 aliphatic heterocycles. The molecule has 8 heteroatoms. The minimum atomic E-state index is -3.70. The zero-order chi connectivity index (χ0) is 17.2. The lowest BCUT2D eigenvalue weighted by Crippen LogP contribution is -2.52. The van der Waals surface area contributed by atoms with Crippen LogP contribution in [0.25, 0.3) is 0 Å². The first kappa shape index (κ1) is 17.7. The third-order valence-electron chi connectivity index (χ3n) is 4.06. The van der Waals surface area contributed by atoms with E-state index < -0.39 is 10.0 Å². The number of nitrogens with zero attached hydrogens (tertiary/aromatic N) is 2. The Labute approximate surface area is 137 Å². The van der Waals surface area contributed by atoms with Gasteiger partial charge in [-0.3, -0.25) is 4.79 Å². The lowest BCUT2D eigenvalue weighted by atomic mass is 10.1. The monoisotopic (exact) mass is 341 g/mol. The molecule has 1 atom stereocenters. The van der Waals surface area contributed by atoms with Gasteiger partial charge < -0.3 is 14.5 Å². The Bertz CT molecular complexity index is 690. The number of sulfonamides is 1. The van der Waals surface area contributed by atoms with Crippen LogP contribution < -0.4 is 9.46 Å². The SMILES string of the molecule is CNS(=O)(=O)c1cc(C(=O)N2CCN(C)CC2C)ccc1OC. The summed E-state index contributed by atoms with van der Waals surface area (Å²) in [6, 6.07) is 4.56. The summed E-state index contributed by atoms with van der Waals surface area (Å²) in [6.07, 6.45) is 0. The van der Waals surface area contributed by atoms with Crippen molar-refractivity contribution in [3.05, 3.63) is 23.8 Å². The number of rotatable bonds is 4. The molecule has 2 rings (SSSR count). The molecule has 0 spiro atoms. The second kappa shape index (κ2) is 6.86. The zero-order valence-corrected chi connectivity index (χ0v) is 14.7. The highest BCUT2D eigenvalue weighted by Crippen LogP contribution is 2.26. The number of likely N-dealkylation sites (N-methyl/N-ethyl adjacent to an activating group) is 1. The third kappa shape index (κ3) is 3.65. The number of methoxy groups -OCH3 is 1. The smallest absolute Gasteiger partial charge is 0.254 e. The number of ether oxygens (including phenoxy) is 1. The largest absolute Gasteiger partial charge is 0.495 e. The normalized spacial score (nSPS) is 19.7. The quantitative estimate of drug-likeness (QED) is 0.856. The first-order valence-corrected chi connectivity index (χ1v) is 8.89. The van der Waals surface area contributed by atoms with Crippen molar-refractivity contribution >= 4 is 15.9 Å². The van der Waals surface area contributed by atoms with Gasteiger partial charge in [0, 0.05) is 31.2 Å². The summed E-state index contributed by atoms with van der Waals surface area (Å²) in [4.78, 5) is 16.6. The van der Waals surface area contributed by atoms with Crippen LogP contribution in [0.1, 0.15) is 17.3 Å². The molecule has 23 heavy (non-hydrogen) atoms. The summed E-state index contributed by atoms with van der Waals surface area (Å²) in [5, 5.41) is 0. The van der Waals surface area contributed by atoms with Crippen LogP contribution in [-0.4, -0.2) is 71.0 Å². The van der Waals surface area contributed by atoms with E-state index in [1.807, 2.05) is 14.0 Å². The van der Waals surface area contributed by atoms with Gasteiger partial charge in [0.05, 0.1) is 7.11 Å². The summed E-state index contributed by atoms with van der Waals surface area (Å²) < 4.78 is 31.6. The molecular formula is C15H23N3O4S. The first-order valence-electron chi connectivity index (χ1n) is 7.41. The van der Waals surface area contributed by atoms with Crippen LogP contribution in [0.5, 0.6) is 5.75 Å². The molecule has 1 amide bonds. The Morgan fingerprint density at radius 1 is 1.35 bits per heavy atom. The second-order valence-electron chi connectivity index (χ2n) is 5.68. The van der Waals surface area contributed by atoms with E-state index in [9.17, 15) is 13.2 Å². The van der Waals surface area contributed by atoms with Gasteiger partial charge in [0.1, 0.15) is 10.6 Å². The highest BCUT2D eigenvalue weighted by Gasteiger charge is 2.28. The summed E-state index contributed by atoms with van der Waals surface area (Å²) in [6.45, 7) is 4.20.